The maximum Gasteiger partial charge on any atom is 0.370 e. The summed E-state index contributed by atoms with van der Waals surface area (Å²) in [4.78, 5) is 23.1. The third kappa shape index (κ3) is 7.01. The Morgan fingerprint density at radius 1 is 1.16 bits per heavy atom. The van der Waals surface area contributed by atoms with E-state index in [1.807, 2.05) is 6.92 Å². The van der Waals surface area contributed by atoms with Crippen molar-refractivity contribution in [3.63, 3.8) is 0 Å². The van der Waals surface area contributed by atoms with Crippen LogP contribution in [0.2, 0.25) is 0 Å². The predicted octanol–water partition coefficient (Wildman–Crippen LogP) is -0.821. The highest BCUT2D eigenvalue weighted by Crippen LogP contribution is 2.25. The van der Waals surface area contributed by atoms with Crippen molar-refractivity contribution in [2.45, 2.75) is 62.2 Å². The van der Waals surface area contributed by atoms with E-state index < -0.39 is 58.2 Å². The van der Waals surface area contributed by atoms with E-state index in [1.54, 1.807) is 12.1 Å². The molecular weight excluding hydrogens is 432 g/mol. The van der Waals surface area contributed by atoms with Gasteiger partial charge in [-0.2, -0.15) is 0 Å². The maximum atomic E-state index is 12.9. The predicted molar refractivity (Wildman–Crippen MR) is 107 cm³/mol. The lowest BCUT2D eigenvalue weighted by Crippen LogP contribution is -2.59. The Kier molecular flexibility index (Phi) is 7.78. The lowest BCUT2D eigenvalue weighted by molar-refractivity contribution is -0.316. The average Bonchev–Trinajstić information content (AvgIpc) is 2.66. The molecular formula is C19H26N2O9S. The lowest BCUT2D eigenvalue weighted by Gasteiger charge is -2.37. The summed E-state index contributed by atoms with van der Waals surface area (Å²) < 4.78 is 33.4. The Bertz CT molecular complexity index is 936. The van der Waals surface area contributed by atoms with Crippen molar-refractivity contribution in [3.05, 3.63) is 41.7 Å². The molecule has 31 heavy (non-hydrogen) atoms. The van der Waals surface area contributed by atoms with Gasteiger partial charge in [-0.1, -0.05) is 19.1 Å². The largest absolute Gasteiger partial charge is 0.481 e. The van der Waals surface area contributed by atoms with Crippen molar-refractivity contribution in [2.75, 3.05) is 0 Å². The summed E-state index contributed by atoms with van der Waals surface area (Å²) in [6.45, 7) is 3.09. The third-order valence-corrected chi connectivity index (χ3v) is 6.15. The van der Waals surface area contributed by atoms with Crippen molar-refractivity contribution in [2.24, 2.45) is 0 Å². The van der Waals surface area contributed by atoms with Gasteiger partial charge in [0.05, 0.1) is 17.0 Å². The molecule has 1 aromatic carbocycles. The van der Waals surface area contributed by atoms with Crippen LogP contribution in [0, 0.1) is 0 Å². The molecule has 0 aliphatic carbocycles. The molecule has 0 spiro atoms. The van der Waals surface area contributed by atoms with Crippen LogP contribution in [-0.4, -0.2) is 64.9 Å². The topological polar surface area (TPSA) is 182 Å². The van der Waals surface area contributed by atoms with E-state index in [0.717, 1.165) is 11.6 Å². The van der Waals surface area contributed by atoms with Crippen LogP contribution in [0.15, 0.2) is 41.0 Å². The van der Waals surface area contributed by atoms with Crippen LogP contribution in [-0.2, 0) is 30.8 Å². The molecule has 1 heterocycles. The summed E-state index contributed by atoms with van der Waals surface area (Å²) in [5.41, 5.74) is 0.926. The Morgan fingerprint density at radius 3 is 2.26 bits per heavy atom. The standard InChI is InChI=1S/C19H26N2O9S/c1-3-12-4-6-13(7-5-12)31(28,29)21-14-10-16(18(23)24)30-15(8-9-19(25,26)27)17(14)20-11(2)22/h4-7,10,14-15,17,21,25-27H,3,8-9H2,1-2H3,(H,20,22)(H,23,24)/t14-,15+,17+/m0/s1. The zero-order valence-corrected chi connectivity index (χ0v) is 17.8. The molecule has 1 aliphatic heterocycles. The van der Waals surface area contributed by atoms with E-state index in [4.69, 9.17) is 20.1 Å². The van der Waals surface area contributed by atoms with Crippen molar-refractivity contribution >= 4 is 21.9 Å². The van der Waals surface area contributed by atoms with Gasteiger partial charge in [0.2, 0.25) is 21.7 Å². The Morgan fingerprint density at radius 2 is 1.77 bits per heavy atom. The summed E-state index contributed by atoms with van der Waals surface area (Å²) in [7, 11) is -4.11. The van der Waals surface area contributed by atoms with E-state index in [0.29, 0.717) is 6.42 Å². The van der Waals surface area contributed by atoms with Gasteiger partial charge in [0.25, 0.3) is 5.97 Å². The van der Waals surface area contributed by atoms with Crippen LogP contribution in [0.4, 0.5) is 0 Å². The van der Waals surface area contributed by atoms with E-state index in [1.165, 1.54) is 19.1 Å². The van der Waals surface area contributed by atoms with Crippen LogP contribution in [0.1, 0.15) is 32.3 Å². The summed E-state index contributed by atoms with van der Waals surface area (Å²) in [6.07, 6.45) is -0.393. The van der Waals surface area contributed by atoms with E-state index in [9.17, 15) is 23.1 Å². The molecule has 172 valence electrons. The highest BCUT2D eigenvalue weighted by molar-refractivity contribution is 7.89. The van der Waals surface area contributed by atoms with E-state index >= 15 is 0 Å². The minimum Gasteiger partial charge on any atom is -0.481 e. The first-order chi connectivity index (χ1) is 14.3. The molecule has 0 bridgehead atoms. The van der Waals surface area contributed by atoms with Crippen molar-refractivity contribution in [1.29, 1.82) is 0 Å². The zero-order chi connectivity index (χ0) is 23.4. The number of aliphatic hydroxyl groups is 3. The number of rotatable bonds is 9. The van der Waals surface area contributed by atoms with Gasteiger partial charge in [-0.3, -0.25) is 4.79 Å². The number of carboxylic acids is 1. The van der Waals surface area contributed by atoms with Gasteiger partial charge >= 0.3 is 5.97 Å². The van der Waals surface area contributed by atoms with Crippen LogP contribution in [0.25, 0.3) is 0 Å². The molecule has 11 nitrogen and oxygen atoms in total. The van der Waals surface area contributed by atoms with Gasteiger partial charge in [-0.05, 0) is 36.6 Å². The molecule has 0 fully saturated rings. The minimum absolute atomic E-state index is 0.0558. The van der Waals surface area contributed by atoms with Crippen LogP contribution in [0.5, 0.6) is 0 Å². The molecule has 1 amide bonds. The summed E-state index contributed by atoms with van der Waals surface area (Å²) in [6, 6.07) is 3.79. The van der Waals surface area contributed by atoms with Crippen LogP contribution < -0.4 is 10.0 Å². The van der Waals surface area contributed by atoms with Crippen LogP contribution >= 0.6 is 0 Å². The number of amides is 1. The SMILES string of the molecule is CCc1ccc(S(=O)(=O)N[C@H]2C=C(C(=O)O)O[C@H](CCC(O)(O)O)[C@@H]2NC(C)=O)cc1. The maximum absolute atomic E-state index is 12.9. The number of carboxylic acid groups (broad SMARTS) is 1. The lowest BCUT2D eigenvalue weighted by atomic mass is 9.95. The number of nitrogens with one attached hydrogen (secondary N) is 2. The summed E-state index contributed by atoms with van der Waals surface area (Å²) >= 11 is 0. The number of benzene rings is 1. The molecule has 0 unspecified atom stereocenters. The zero-order valence-electron chi connectivity index (χ0n) is 17.0. The smallest absolute Gasteiger partial charge is 0.370 e. The molecule has 12 heteroatoms. The monoisotopic (exact) mass is 458 g/mol. The first kappa shape index (κ1) is 24.8. The Balaban J connectivity index is 2.39. The van der Waals surface area contributed by atoms with E-state index in [-0.39, 0.29) is 11.3 Å². The minimum atomic E-state index is -4.11. The molecule has 1 aliphatic rings. The number of carbonyl (C=O) groups is 2. The fraction of sp³-hybridized carbons (Fsp3) is 0.474. The average molecular weight is 458 g/mol. The molecule has 0 aromatic heterocycles. The highest BCUT2D eigenvalue weighted by atomic mass is 32.2. The van der Waals surface area contributed by atoms with Crippen LogP contribution in [0.3, 0.4) is 0 Å². The second kappa shape index (κ2) is 9.75. The summed E-state index contributed by atoms with van der Waals surface area (Å²) in [5, 5.41) is 39.3. The van der Waals surface area contributed by atoms with Gasteiger partial charge in [-0.15, -0.1) is 0 Å². The molecule has 2 rings (SSSR count). The highest BCUT2D eigenvalue weighted by Gasteiger charge is 2.40. The van der Waals surface area contributed by atoms with Gasteiger partial charge in [0.15, 0.2) is 0 Å². The number of aryl methyl sites for hydroxylation is 1. The molecule has 0 radical (unpaired) electrons. The second-order valence-corrected chi connectivity index (χ2v) is 8.89. The molecule has 0 saturated heterocycles. The van der Waals surface area contributed by atoms with Crippen molar-refractivity contribution in [3.8, 4) is 0 Å². The fourth-order valence-electron chi connectivity index (χ4n) is 3.15. The molecule has 6 N–H and O–H groups in total. The number of ether oxygens (including phenoxy) is 1. The normalized spacial score (nSPS) is 21.7. The molecule has 1 aromatic rings. The van der Waals surface area contributed by atoms with Gasteiger partial charge in [-0.25, -0.2) is 17.9 Å². The number of carbonyl (C=O) groups excluding carboxylic acids is 1. The number of aliphatic carboxylic acids is 1. The van der Waals surface area contributed by atoms with Crippen molar-refractivity contribution in [1.82, 2.24) is 10.0 Å². The van der Waals surface area contributed by atoms with Gasteiger partial charge in [0.1, 0.15) is 6.10 Å². The number of sulfonamides is 1. The molecule has 0 saturated carbocycles. The third-order valence-electron chi connectivity index (χ3n) is 4.67. The number of hydrogen-bond acceptors (Lipinski definition) is 8. The van der Waals surface area contributed by atoms with Gasteiger partial charge < -0.3 is 30.5 Å². The number of hydrogen-bond donors (Lipinski definition) is 6. The van der Waals surface area contributed by atoms with Gasteiger partial charge in [0, 0.05) is 13.3 Å². The summed E-state index contributed by atoms with van der Waals surface area (Å²) in [5.74, 6) is -5.67. The Labute approximate surface area is 179 Å². The quantitative estimate of drug-likeness (QED) is 0.257. The van der Waals surface area contributed by atoms with E-state index in [2.05, 4.69) is 10.0 Å². The second-order valence-electron chi connectivity index (χ2n) is 7.18. The fourth-order valence-corrected chi connectivity index (χ4v) is 4.35. The first-order valence-corrected chi connectivity index (χ1v) is 11.0. The Hall–Kier alpha value is -2.51. The molecule has 3 atom stereocenters. The van der Waals surface area contributed by atoms with Crippen molar-refractivity contribution < 1.29 is 43.2 Å². The first-order valence-electron chi connectivity index (χ1n) is 9.49.